The van der Waals surface area contributed by atoms with E-state index in [1.54, 1.807) is 48.5 Å². The summed E-state index contributed by atoms with van der Waals surface area (Å²) in [5, 5.41) is 3.00. The van der Waals surface area contributed by atoms with Gasteiger partial charge in [-0.25, -0.2) is 8.42 Å². The summed E-state index contributed by atoms with van der Waals surface area (Å²) in [5.74, 6) is -0.689. The molecule has 0 aliphatic carbocycles. The predicted molar refractivity (Wildman–Crippen MR) is 164 cm³/mol. The van der Waals surface area contributed by atoms with Crippen molar-refractivity contribution in [2.45, 2.75) is 63.9 Å². The van der Waals surface area contributed by atoms with Crippen LogP contribution in [0.25, 0.3) is 0 Å². The topological polar surface area (TPSA) is 86.8 Å². The van der Waals surface area contributed by atoms with Gasteiger partial charge in [-0.1, -0.05) is 83.9 Å². The summed E-state index contributed by atoms with van der Waals surface area (Å²) in [4.78, 5) is 29.0. The Bertz CT molecular complexity index is 1380. The molecule has 0 saturated carbocycles. The van der Waals surface area contributed by atoms with Crippen LogP contribution in [0.3, 0.4) is 0 Å². The number of halogens is 1. The van der Waals surface area contributed by atoms with Gasteiger partial charge in [0.1, 0.15) is 12.6 Å². The Labute approximate surface area is 246 Å². The Balaban J connectivity index is 2.01. The second-order valence-corrected chi connectivity index (χ2v) is 12.6. The van der Waals surface area contributed by atoms with Crippen LogP contribution in [0, 0.1) is 6.92 Å². The van der Waals surface area contributed by atoms with Crippen LogP contribution < -0.4 is 9.62 Å². The number of benzene rings is 3. The molecule has 0 spiro atoms. The fraction of sp³-hybridized carbons (Fsp3) is 0.355. The van der Waals surface area contributed by atoms with Gasteiger partial charge in [-0.3, -0.25) is 13.9 Å². The van der Waals surface area contributed by atoms with Crippen LogP contribution in [-0.4, -0.2) is 50.3 Å². The second kappa shape index (κ2) is 14.5. The third-order valence-corrected chi connectivity index (χ3v) is 9.14. The average Bonchev–Trinajstić information content (AvgIpc) is 2.94. The number of carbonyl (C=O) groups excluding carboxylic acids is 2. The standard InChI is InChI=1S/C31H38BrN3O4S/c1-5-24(4)33-31(37)29(6-2)34(20-19-25-11-8-7-9-12-25)30(36)22-35(27-14-10-13-26(32)21-27)40(38,39)28-17-15-23(3)16-18-28/h7-18,21,24,29H,5-6,19-20,22H2,1-4H3,(H,33,37)/t24-,29-/m1/s1. The van der Waals surface area contributed by atoms with Gasteiger partial charge in [-0.05, 0) is 69.0 Å². The SMILES string of the molecule is CC[C@@H](C)NC(=O)[C@@H](CC)N(CCc1ccccc1)C(=O)CN(c1cccc(Br)c1)S(=O)(=O)c1ccc(C)cc1. The quantitative estimate of drug-likeness (QED) is 0.263. The van der Waals surface area contributed by atoms with Crippen LogP contribution in [0.4, 0.5) is 5.69 Å². The van der Waals surface area contributed by atoms with Crippen LogP contribution in [0.15, 0.2) is 88.2 Å². The lowest BCUT2D eigenvalue weighted by Crippen LogP contribution is -2.54. The van der Waals surface area contributed by atoms with Gasteiger partial charge in [0, 0.05) is 17.1 Å². The largest absolute Gasteiger partial charge is 0.352 e. The number of aryl methyl sites for hydroxylation is 1. The number of nitrogens with zero attached hydrogens (tertiary/aromatic N) is 2. The second-order valence-electron chi connectivity index (χ2n) is 9.87. The maximum Gasteiger partial charge on any atom is 0.264 e. The normalized spacial score (nSPS) is 12.8. The van der Waals surface area contributed by atoms with E-state index in [4.69, 9.17) is 0 Å². The Kier molecular flexibility index (Phi) is 11.3. The van der Waals surface area contributed by atoms with E-state index >= 15 is 0 Å². The number of hydrogen-bond acceptors (Lipinski definition) is 4. The minimum atomic E-state index is -4.09. The molecule has 2 amide bonds. The number of anilines is 1. The lowest BCUT2D eigenvalue weighted by atomic mass is 10.1. The fourth-order valence-electron chi connectivity index (χ4n) is 4.33. The zero-order valence-electron chi connectivity index (χ0n) is 23.5. The summed E-state index contributed by atoms with van der Waals surface area (Å²) in [5.41, 5.74) is 2.30. The van der Waals surface area contributed by atoms with Crippen molar-refractivity contribution in [3.8, 4) is 0 Å². The minimum absolute atomic E-state index is 0.0484. The summed E-state index contributed by atoms with van der Waals surface area (Å²) < 4.78 is 29.6. The Hall–Kier alpha value is -3.17. The molecule has 0 fully saturated rings. The first-order chi connectivity index (χ1) is 19.1. The molecule has 0 unspecified atom stereocenters. The van der Waals surface area contributed by atoms with E-state index in [2.05, 4.69) is 21.2 Å². The Morgan fingerprint density at radius 2 is 1.60 bits per heavy atom. The molecule has 0 saturated heterocycles. The summed E-state index contributed by atoms with van der Waals surface area (Å²) >= 11 is 3.42. The van der Waals surface area contributed by atoms with Crippen LogP contribution in [0.2, 0.25) is 0 Å². The number of hydrogen-bond donors (Lipinski definition) is 1. The van der Waals surface area contributed by atoms with Gasteiger partial charge < -0.3 is 10.2 Å². The zero-order valence-corrected chi connectivity index (χ0v) is 25.9. The van der Waals surface area contributed by atoms with Crippen LogP contribution >= 0.6 is 15.9 Å². The van der Waals surface area contributed by atoms with E-state index in [9.17, 15) is 18.0 Å². The van der Waals surface area contributed by atoms with Gasteiger partial charge in [-0.15, -0.1) is 0 Å². The molecule has 0 radical (unpaired) electrons. The van der Waals surface area contributed by atoms with Crippen molar-refractivity contribution < 1.29 is 18.0 Å². The molecule has 9 heteroatoms. The first-order valence-electron chi connectivity index (χ1n) is 13.6. The van der Waals surface area contributed by atoms with E-state index in [1.807, 2.05) is 58.0 Å². The maximum atomic E-state index is 14.1. The highest BCUT2D eigenvalue weighted by atomic mass is 79.9. The highest BCUT2D eigenvalue weighted by molar-refractivity contribution is 9.10. The van der Waals surface area contributed by atoms with Crippen LogP contribution in [0.1, 0.15) is 44.7 Å². The number of rotatable bonds is 13. The van der Waals surface area contributed by atoms with Crippen LogP contribution in [-0.2, 0) is 26.0 Å². The Morgan fingerprint density at radius 3 is 2.20 bits per heavy atom. The third-order valence-electron chi connectivity index (χ3n) is 6.86. The summed E-state index contributed by atoms with van der Waals surface area (Å²) in [6, 6.07) is 22.3. The van der Waals surface area contributed by atoms with Crippen LogP contribution in [0.5, 0.6) is 0 Å². The van der Waals surface area contributed by atoms with Gasteiger partial charge >= 0.3 is 0 Å². The molecule has 1 N–H and O–H groups in total. The van der Waals surface area contributed by atoms with E-state index in [-0.39, 0.29) is 23.4 Å². The fourth-order valence-corrected chi connectivity index (χ4v) is 6.13. The molecular weight excluding hydrogens is 590 g/mol. The monoisotopic (exact) mass is 627 g/mol. The molecule has 2 atom stereocenters. The van der Waals surface area contributed by atoms with Crippen molar-refractivity contribution in [3.05, 3.63) is 94.5 Å². The molecule has 0 heterocycles. The van der Waals surface area contributed by atoms with Crippen molar-refractivity contribution in [2.24, 2.45) is 0 Å². The number of sulfonamides is 1. The summed E-state index contributed by atoms with van der Waals surface area (Å²) in [7, 11) is -4.09. The van der Waals surface area contributed by atoms with Crippen molar-refractivity contribution in [1.29, 1.82) is 0 Å². The highest BCUT2D eigenvalue weighted by Gasteiger charge is 2.33. The number of carbonyl (C=O) groups is 2. The average molecular weight is 629 g/mol. The van der Waals surface area contributed by atoms with Gasteiger partial charge in [0.15, 0.2) is 0 Å². The highest BCUT2D eigenvalue weighted by Crippen LogP contribution is 2.27. The van der Waals surface area contributed by atoms with Gasteiger partial charge in [-0.2, -0.15) is 0 Å². The zero-order chi connectivity index (χ0) is 29.3. The first kappa shape index (κ1) is 31.4. The van der Waals surface area contributed by atoms with E-state index in [0.717, 1.165) is 21.9 Å². The molecule has 0 bridgehead atoms. The van der Waals surface area contributed by atoms with E-state index in [0.29, 0.717) is 23.0 Å². The summed E-state index contributed by atoms with van der Waals surface area (Å²) in [6.45, 7) is 7.46. The smallest absolute Gasteiger partial charge is 0.264 e. The maximum absolute atomic E-state index is 14.1. The van der Waals surface area contributed by atoms with Gasteiger partial charge in [0.25, 0.3) is 10.0 Å². The first-order valence-corrected chi connectivity index (χ1v) is 15.8. The molecule has 0 aromatic heterocycles. The molecule has 7 nitrogen and oxygen atoms in total. The van der Waals surface area contributed by atoms with E-state index < -0.39 is 28.5 Å². The number of amides is 2. The Morgan fingerprint density at radius 1 is 0.925 bits per heavy atom. The van der Waals surface area contributed by atoms with Crippen molar-refractivity contribution >= 4 is 43.5 Å². The van der Waals surface area contributed by atoms with Crippen molar-refractivity contribution in [1.82, 2.24) is 10.2 Å². The number of nitrogens with one attached hydrogen (secondary N) is 1. The van der Waals surface area contributed by atoms with Gasteiger partial charge in [0.05, 0.1) is 10.6 Å². The molecule has 0 aliphatic rings. The lowest BCUT2D eigenvalue weighted by Gasteiger charge is -2.33. The molecular formula is C31H38BrN3O4S. The molecule has 3 rings (SSSR count). The van der Waals surface area contributed by atoms with Crippen molar-refractivity contribution in [2.75, 3.05) is 17.4 Å². The van der Waals surface area contributed by atoms with E-state index in [1.165, 1.54) is 4.90 Å². The predicted octanol–water partition coefficient (Wildman–Crippen LogP) is 5.72. The minimum Gasteiger partial charge on any atom is -0.352 e. The summed E-state index contributed by atoms with van der Waals surface area (Å²) in [6.07, 6.45) is 1.68. The molecule has 40 heavy (non-hydrogen) atoms. The third kappa shape index (κ3) is 8.17. The molecule has 3 aromatic rings. The van der Waals surface area contributed by atoms with Crippen molar-refractivity contribution in [3.63, 3.8) is 0 Å². The van der Waals surface area contributed by atoms with Gasteiger partial charge in [0.2, 0.25) is 11.8 Å². The molecule has 3 aromatic carbocycles. The molecule has 0 aliphatic heterocycles. The molecule has 214 valence electrons. The lowest BCUT2D eigenvalue weighted by molar-refractivity contribution is -0.139.